The molecule has 0 atom stereocenters. The van der Waals surface area contributed by atoms with Crippen LogP contribution in [-0.4, -0.2) is 31.6 Å². The van der Waals surface area contributed by atoms with Gasteiger partial charge in [-0.15, -0.1) is 12.4 Å². The summed E-state index contributed by atoms with van der Waals surface area (Å²) in [6.45, 7) is 6.16. The monoisotopic (exact) mass is 342 g/mol. The standard InChI is InChI=1S/C17H26N2O3.ClH/c1-3-5-13-22-17(21)14-6-8-15(9-7-14)19-16(20)10-12-18-11-4-2;/h6-9,18H,3-5,10-13H2,1-2H3,(H,19,20);1H. The molecule has 1 aromatic carbocycles. The summed E-state index contributed by atoms with van der Waals surface area (Å²) in [5, 5.41) is 5.98. The van der Waals surface area contributed by atoms with E-state index in [1.165, 1.54) is 0 Å². The second-order valence-corrected chi connectivity index (χ2v) is 5.11. The Labute approximate surface area is 144 Å². The number of rotatable bonds is 10. The van der Waals surface area contributed by atoms with E-state index in [2.05, 4.69) is 17.6 Å². The van der Waals surface area contributed by atoms with Crippen molar-refractivity contribution in [2.45, 2.75) is 39.5 Å². The highest BCUT2D eigenvalue weighted by Crippen LogP contribution is 2.11. The molecule has 0 unspecified atom stereocenters. The molecule has 0 aliphatic heterocycles. The van der Waals surface area contributed by atoms with Crippen molar-refractivity contribution >= 4 is 30.0 Å². The van der Waals surface area contributed by atoms with Gasteiger partial charge in [0, 0.05) is 18.7 Å². The SMILES string of the molecule is CCCCOC(=O)c1ccc(NC(=O)CCNCCC)cc1.Cl. The van der Waals surface area contributed by atoms with Gasteiger partial charge in [-0.1, -0.05) is 20.3 Å². The van der Waals surface area contributed by atoms with Crippen LogP contribution in [0.15, 0.2) is 24.3 Å². The van der Waals surface area contributed by atoms with Gasteiger partial charge in [-0.05, 0) is 43.7 Å². The lowest BCUT2D eigenvalue weighted by atomic mass is 10.2. The number of ether oxygens (including phenoxy) is 1. The van der Waals surface area contributed by atoms with E-state index in [9.17, 15) is 9.59 Å². The lowest BCUT2D eigenvalue weighted by Gasteiger charge is -2.07. The molecular weight excluding hydrogens is 316 g/mol. The molecule has 0 heterocycles. The molecule has 2 N–H and O–H groups in total. The summed E-state index contributed by atoms with van der Waals surface area (Å²) in [5.41, 5.74) is 1.18. The Bertz CT molecular complexity index is 463. The predicted octanol–water partition coefficient (Wildman–Crippen LogP) is 3.39. The molecule has 23 heavy (non-hydrogen) atoms. The molecule has 0 saturated carbocycles. The summed E-state index contributed by atoms with van der Waals surface area (Å²) in [4.78, 5) is 23.5. The number of esters is 1. The molecule has 0 aromatic heterocycles. The van der Waals surface area contributed by atoms with Crippen LogP contribution in [-0.2, 0) is 9.53 Å². The number of unbranched alkanes of at least 4 members (excludes halogenated alkanes) is 1. The average molecular weight is 343 g/mol. The number of benzene rings is 1. The minimum atomic E-state index is -0.324. The number of anilines is 1. The van der Waals surface area contributed by atoms with Gasteiger partial charge in [0.25, 0.3) is 0 Å². The lowest BCUT2D eigenvalue weighted by Crippen LogP contribution is -2.22. The van der Waals surface area contributed by atoms with E-state index >= 15 is 0 Å². The van der Waals surface area contributed by atoms with Crippen LogP contribution in [0.25, 0.3) is 0 Å². The molecule has 1 aromatic rings. The summed E-state index contributed by atoms with van der Waals surface area (Å²) in [6.07, 6.45) is 3.34. The second kappa shape index (κ2) is 12.9. The van der Waals surface area contributed by atoms with Crippen molar-refractivity contribution in [3.63, 3.8) is 0 Å². The first-order valence-electron chi connectivity index (χ1n) is 7.95. The molecule has 1 rings (SSSR count). The van der Waals surface area contributed by atoms with E-state index in [-0.39, 0.29) is 24.3 Å². The van der Waals surface area contributed by atoms with Gasteiger partial charge < -0.3 is 15.4 Å². The Morgan fingerprint density at radius 1 is 1.04 bits per heavy atom. The smallest absolute Gasteiger partial charge is 0.338 e. The Morgan fingerprint density at radius 2 is 1.74 bits per heavy atom. The fourth-order valence-electron chi connectivity index (χ4n) is 1.81. The summed E-state index contributed by atoms with van der Waals surface area (Å²) >= 11 is 0. The first kappa shape index (κ1) is 21.4. The number of carbonyl (C=O) groups is 2. The van der Waals surface area contributed by atoms with Gasteiger partial charge >= 0.3 is 5.97 Å². The second-order valence-electron chi connectivity index (χ2n) is 5.11. The number of hydrogen-bond acceptors (Lipinski definition) is 4. The van der Waals surface area contributed by atoms with Gasteiger partial charge in [-0.3, -0.25) is 4.79 Å². The third-order valence-corrected chi connectivity index (χ3v) is 3.09. The molecule has 6 heteroatoms. The van der Waals surface area contributed by atoms with E-state index in [1.54, 1.807) is 24.3 Å². The third-order valence-electron chi connectivity index (χ3n) is 3.09. The third kappa shape index (κ3) is 9.21. The van der Waals surface area contributed by atoms with Gasteiger partial charge in [0.05, 0.1) is 12.2 Å². The van der Waals surface area contributed by atoms with E-state index in [0.717, 1.165) is 25.8 Å². The summed E-state index contributed by atoms with van der Waals surface area (Å²) in [6, 6.07) is 6.76. The van der Waals surface area contributed by atoms with E-state index in [0.29, 0.717) is 30.8 Å². The Hall–Kier alpha value is -1.59. The first-order chi connectivity index (χ1) is 10.7. The molecule has 0 bridgehead atoms. The molecular formula is C17H27ClN2O3. The number of amides is 1. The molecule has 0 fully saturated rings. The van der Waals surface area contributed by atoms with Gasteiger partial charge in [0.2, 0.25) is 5.91 Å². The minimum absolute atomic E-state index is 0. The zero-order valence-corrected chi connectivity index (χ0v) is 14.7. The number of nitrogens with one attached hydrogen (secondary N) is 2. The molecule has 0 aliphatic rings. The van der Waals surface area contributed by atoms with Gasteiger partial charge in [-0.2, -0.15) is 0 Å². The first-order valence-corrected chi connectivity index (χ1v) is 7.95. The Morgan fingerprint density at radius 3 is 2.35 bits per heavy atom. The zero-order chi connectivity index (χ0) is 16.2. The van der Waals surface area contributed by atoms with Crippen LogP contribution in [0.1, 0.15) is 49.9 Å². The van der Waals surface area contributed by atoms with Crippen molar-refractivity contribution in [3.8, 4) is 0 Å². The molecule has 0 saturated heterocycles. The number of carbonyl (C=O) groups excluding carboxylic acids is 2. The van der Waals surface area contributed by atoms with E-state index in [1.807, 2.05) is 6.92 Å². The largest absolute Gasteiger partial charge is 0.462 e. The topological polar surface area (TPSA) is 67.4 Å². The predicted molar refractivity (Wildman–Crippen MR) is 95.3 cm³/mol. The van der Waals surface area contributed by atoms with Crippen molar-refractivity contribution in [1.82, 2.24) is 5.32 Å². The van der Waals surface area contributed by atoms with Crippen molar-refractivity contribution in [1.29, 1.82) is 0 Å². The average Bonchev–Trinajstić information content (AvgIpc) is 2.52. The highest BCUT2D eigenvalue weighted by Gasteiger charge is 2.07. The van der Waals surface area contributed by atoms with Crippen LogP contribution in [0.4, 0.5) is 5.69 Å². The van der Waals surface area contributed by atoms with Gasteiger partial charge in [0.15, 0.2) is 0 Å². The highest BCUT2D eigenvalue weighted by atomic mass is 35.5. The Balaban J connectivity index is 0.00000484. The van der Waals surface area contributed by atoms with Crippen LogP contribution in [0.3, 0.4) is 0 Å². The summed E-state index contributed by atoms with van der Waals surface area (Å²) in [5.74, 6) is -0.364. The van der Waals surface area contributed by atoms with Crippen LogP contribution in [0.2, 0.25) is 0 Å². The van der Waals surface area contributed by atoms with Crippen LogP contribution < -0.4 is 10.6 Å². The Kier molecular flexibility index (Phi) is 12.0. The van der Waals surface area contributed by atoms with E-state index in [4.69, 9.17) is 4.74 Å². The number of hydrogen-bond donors (Lipinski definition) is 2. The summed E-state index contributed by atoms with van der Waals surface area (Å²) < 4.78 is 5.13. The molecule has 5 nitrogen and oxygen atoms in total. The summed E-state index contributed by atoms with van der Waals surface area (Å²) in [7, 11) is 0. The van der Waals surface area contributed by atoms with Crippen molar-refractivity contribution in [3.05, 3.63) is 29.8 Å². The quantitative estimate of drug-likeness (QED) is 0.505. The fourth-order valence-corrected chi connectivity index (χ4v) is 1.81. The maximum Gasteiger partial charge on any atom is 0.338 e. The van der Waals surface area contributed by atoms with Crippen molar-refractivity contribution in [2.24, 2.45) is 0 Å². The lowest BCUT2D eigenvalue weighted by molar-refractivity contribution is -0.116. The normalized spacial score (nSPS) is 9.83. The molecule has 0 radical (unpaired) electrons. The van der Waals surface area contributed by atoms with E-state index < -0.39 is 0 Å². The van der Waals surface area contributed by atoms with Crippen molar-refractivity contribution in [2.75, 3.05) is 25.0 Å². The van der Waals surface area contributed by atoms with Crippen LogP contribution in [0.5, 0.6) is 0 Å². The zero-order valence-electron chi connectivity index (χ0n) is 13.9. The van der Waals surface area contributed by atoms with Crippen LogP contribution in [0, 0.1) is 0 Å². The van der Waals surface area contributed by atoms with Crippen molar-refractivity contribution < 1.29 is 14.3 Å². The number of halogens is 1. The molecule has 130 valence electrons. The van der Waals surface area contributed by atoms with Gasteiger partial charge in [0.1, 0.15) is 0 Å². The molecule has 1 amide bonds. The fraction of sp³-hybridized carbons (Fsp3) is 0.529. The molecule has 0 spiro atoms. The van der Waals surface area contributed by atoms with Crippen LogP contribution >= 0.6 is 12.4 Å². The maximum absolute atomic E-state index is 11.7. The minimum Gasteiger partial charge on any atom is -0.462 e. The highest BCUT2D eigenvalue weighted by molar-refractivity contribution is 5.93. The van der Waals surface area contributed by atoms with Gasteiger partial charge in [-0.25, -0.2) is 4.79 Å². The molecule has 0 aliphatic carbocycles. The maximum atomic E-state index is 11.7.